The third-order valence-corrected chi connectivity index (χ3v) is 2.02. The van der Waals surface area contributed by atoms with Gasteiger partial charge in [-0.2, -0.15) is 0 Å². The van der Waals surface area contributed by atoms with Gasteiger partial charge in [-0.25, -0.2) is 0 Å². The molecule has 1 heterocycles. The van der Waals surface area contributed by atoms with E-state index in [2.05, 4.69) is 17.2 Å². The second-order valence-electron chi connectivity index (χ2n) is 3.02. The summed E-state index contributed by atoms with van der Waals surface area (Å²) >= 11 is 0. The van der Waals surface area contributed by atoms with E-state index < -0.39 is 0 Å². The molecule has 1 amide bonds. The highest BCUT2D eigenvalue weighted by Crippen LogP contribution is 2.04. The zero-order valence-corrected chi connectivity index (χ0v) is 7.31. The topological polar surface area (TPSA) is 41.1 Å². The predicted molar refractivity (Wildman–Crippen MR) is 48.8 cm³/mol. The maximum atomic E-state index is 11.3. The molecule has 1 atom stereocenters. The van der Waals surface area contributed by atoms with Gasteiger partial charge in [0.2, 0.25) is 5.91 Å². The van der Waals surface area contributed by atoms with E-state index >= 15 is 0 Å². The third kappa shape index (κ3) is 2.66. The van der Waals surface area contributed by atoms with E-state index in [9.17, 15) is 4.79 Å². The van der Waals surface area contributed by atoms with Crippen molar-refractivity contribution in [3.63, 3.8) is 0 Å². The lowest BCUT2D eigenvalue weighted by atomic mass is 10.2. The Morgan fingerprint density at radius 2 is 2.58 bits per heavy atom. The number of carbonyl (C=O) groups is 1. The minimum absolute atomic E-state index is 0.0508. The van der Waals surface area contributed by atoms with Crippen LogP contribution in [0.5, 0.6) is 0 Å². The second kappa shape index (κ2) is 4.93. The lowest BCUT2D eigenvalue weighted by molar-refractivity contribution is -0.122. The van der Waals surface area contributed by atoms with Crippen LogP contribution >= 0.6 is 0 Å². The molecule has 1 aliphatic heterocycles. The Labute approximate surface area is 73.2 Å². The fraction of sp³-hybridized carbons (Fsp3) is 0.667. The zero-order valence-electron chi connectivity index (χ0n) is 7.31. The van der Waals surface area contributed by atoms with Crippen molar-refractivity contribution in [1.82, 2.24) is 10.6 Å². The van der Waals surface area contributed by atoms with E-state index in [0.717, 1.165) is 25.8 Å². The molecule has 1 fully saturated rings. The van der Waals surface area contributed by atoms with Crippen LogP contribution in [0.4, 0.5) is 0 Å². The van der Waals surface area contributed by atoms with Gasteiger partial charge in [-0.3, -0.25) is 4.79 Å². The first kappa shape index (κ1) is 9.26. The number of hydrogen-bond donors (Lipinski definition) is 2. The molecule has 0 bridgehead atoms. The second-order valence-corrected chi connectivity index (χ2v) is 3.02. The average Bonchev–Trinajstić information content (AvgIpc) is 2.56. The summed E-state index contributed by atoms with van der Waals surface area (Å²) in [5.74, 6) is 0.134. The summed E-state index contributed by atoms with van der Waals surface area (Å²) in [5.41, 5.74) is 0. The van der Waals surface area contributed by atoms with Gasteiger partial charge in [-0.05, 0) is 25.8 Å². The van der Waals surface area contributed by atoms with E-state index in [1.165, 1.54) is 0 Å². The first-order valence-corrected chi connectivity index (χ1v) is 4.46. The van der Waals surface area contributed by atoms with Gasteiger partial charge in [0.25, 0.3) is 0 Å². The van der Waals surface area contributed by atoms with E-state index in [1.54, 1.807) is 0 Å². The van der Waals surface area contributed by atoms with Gasteiger partial charge in [-0.15, -0.1) is 6.58 Å². The van der Waals surface area contributed by atoms with E-state index in [1.807, 2.05) is 6.08 Å². The fourth-order valence-electron chi connectivity index (χ4n) is 1.33. The van der Waals surface area contributed by atoms with Crippen molar-refractivity contribution in [2.75, 3.05) is 13.1 Å². The van der Waals surface area contributed by atoms with Crippen molar-refractivity contribution in [3.05, 3.63) is 12.7 Å². The molecule has 3 nitrogen and oxygen atoms in total. The smallest absolute Gasteiger partial charge is 0.237 e. The standard InChI is InChI=1S/C9H16N2O/c1-2-3-6-11-9(12)8-5-4-7-10-8/h2,8,10H,1,3-7H2,(H,11,12)/t8-/m1/s1. The predicted octanol–water partition coefficient (Wildman–Crippen LogP) is 0.431. The minimum Gasteiger partial charge on any atom is -0.354 e. The Kier molecular flexibility index (Phi) is 3.80. The monoisotopic (exact) mass is 168 g/mol. The Morgan fingerprint density at radius 3 is 3.17 bits per heavy atom. The molecule has 1 rings (SSSR count). The molecule has 0 radical (unpaired) electrons. The van der Waals surface area contributed by atoms with Crippen LogP contribution in [0.2, 0.25) is 0 Å². The van der Waals surface area contributed by atoms with Gasteiger partial charge in [-0.1, -0.05) is 6.08 Å². The zero-order chi connectivity index (χ0) is 8.81. The number of nitrogens with one attached hydrogen (secondary N) is 2. The normalized spacial score (nSPS) is 22.2. The molecule has 0 spiro atoms. The molecular weight excluding hydrogens is 152 g/mol. The maximum absolute atomic E-state index is 11.3. The van der Waals surface area contributed by atoms with Crippen LogP contribution in [0.15, 0.2) is 12.7 Å². The van der Waals surface area contributed by atoms with Crippen LogP contribution < -0.4 is 10.6 Å². The van der Waals surface area contributed by atoms with E-state index in [-0.39, 0.29) is 11.9 Å². The van der Waals surface area contributed by atoms with Gasteiger partial charge in [0.05, 0.1) is 6.04 Å². The highest BCUT2D eigenvalue weighted by Gasteiger charge is 2.20. The van der Waals surface area contributed by atoms with Crippen molar-refractivity contribution in [1.29, 1.82) is 0 Å². The molecule has 2 N–H and O–H groups in total. The van der Waals surface area contributed by atoms with Crippen LogP contribution in [0.25, 0.3) is 0 Å². The molecule has 0 saturated carbocycles. The minimum atomic E-state index is 0.0508. The molecule has 68 valence electrons. The van der Waals surface area contributed by atoms with Crippen molar-refractivity contribution >= 4 is 5.91 Å². The molecule has 1 aliphatic rings. The average molecular weight is 168 g/mol. The number of hydrogen-bond acceptors (Lipinski definition) is 2. The molecule has 0 aromatic heterocycles. The highest BCUT2D eigenvalue weighted by molar-refractivity contribution is 5.81. The first-order valence-electron chi connectivity index (χ1n) is 4.46. The van der Waals surface area contributed by atoms with Gasteiger partial charge in [0.1, 0.15) is 0 Å². The van der Waals surface area contributed by atoms with Crippen LogP contribution in [-0.4, -0.2) is 25.0 Å². The number of amides is 1. The summed E-state index contributed by atoms with van der Waals surface area (Å²) in [4.78, 5) is 11.3. The first-order chi connectivity index (χ1) is 5.84. The number of rotatable bonds is 4. The van der Waals surface area contributed by atoms with E-state index in [0.29, 0.717) is 6.54 Å². The van der Waals surface area contributed by atoms with Gasteiger partial charge in [0.15, 0.2) is 0 Å². The Hall–Kier alpha value is -0.830. The summed E-state index contributed by atoms with van der Waals surface area (Å²) in [6.07, 6.45) is 4.74. The Morgan fingerprint density at radius 1 is 1.75 bits per heavy atom. The van der Waals surface area contributed by atoms with Crippen molar-refractivity contribution in [3.8, 4) is 0 Å². The fourth-order valence-corrected chi connectivity index (χ4v) is 1.33. The Bertz CT molecular complexity index is 162. The third-order valence-electron chi connectivity index (χ3n) is 2.02. The van der Waals surface area contributed by atoms with Gasteiger partial charge in [0, 0.05) is 6.54 Å². The molecule has 0 aromatic rings. The van der Waals surface area contributed by atoms with Crippen LogP contribution in [0.3, 0.4) is 0 Å². The maximum Gasteiger partial charge on any atom is 0.237 e. The molecule has 3 heteroatoms. The molecule has 12 heavy (non-hydrogen) atoms. The summed E-state index contributed by atoms with van der Waals surface area (Å²) in [6, 6.07) is 0.0508. The van der Waals surface area contributed by atoms with E-state index in [4.69, 9.17) is 0 Å². The Balaban J connectivity index is 2.14. The molecular formula is C9H16N2O. The van der Waals surface area contributed by atoms with Crippen molar-refractivity contribution in [2.24, 2.45) is 0 Å². The van der Waals surface area contributed by atoms with Crippen LogP contribution in [0, 0.1) is 0 Å². The quantitative estimate of drug-likeness (QED) is 0.472. The molecule has 0 unspecified atom stereocenters. The highest BCUT2D eigenvalue weighted by atomic mass is 16.2. The van der Waals surface area contributed by atoms with Gasteiger partial charge < -0.3 is 10.6 Å². The summed E-state index contributed by atoms with van der Waals surface area (Å²) < 4.78 is 0. The van der Waals surface area contributed by atoms with Crippen molar-refractivity contribution in [2.45, 2.75) is 25.3 Å². The molecule has 0 aromatic carbocycles. The lowest BCUT2D eigenvalue weighted by Crippen LogP contribution is -2.40. The lowest BCUT2D eigenvalue weighted by Gasteiger charge is -2.09. The summed E-state index contributed by atoms with van der Waals surface area (Å²) in [7, 11) is 0. The largest absolute Gasteiger partial charge is 0.354 e. The van der Waals surface area contributed by atoms with Gasteiger partial charge >= 0.3 is 0 Å². The summed E-state index contributed by atoms with van der Waals surface area (Å²) in [6.45, 7) is 5.27. The van der Waals surface area contributed by atoms with Crippen LogP contribution in [0.1, 0.15) is 19.3 Å². The van der Waals surface area contributed by atoms with Crippen molar-refractivity contribution < 1.29 is 4.79 Å². The number of carbonyl (C=O) groups excluding carboxylic acids is 1. The van der Waals surface area contributed by atoms with Crippen LogP contribution in [-0.2, 0) is 4.79 Å². The summed E-state index contributed by atoms with van der Waals surface area (Å²) in [5, 5.41) is 6.00. The SMILES string of the molecule is C=CCCNC(=O)[C@H]1CCCN1. The molecule has 1 saturated heterocycles. The molecule has 0 aliphatic carbocycles.